The van der Waals surface area contributed by atoms with Crippen molar-refractivity contribution >= 4 is 11.6 Å². The summed E-state index contributed by atoms with van der Waals surface area (Å²) in [5.41, 5.74) is 5.72. The van der Waals surface area contributed by atoms with E-state index in [0.29, 0.717) is 5.82 Å². The molecule has 1 aromatic rings. The van der Waals surface area contributed by atoms with Gasteiger partial charge in [0.2, 0.25) is 0 Å². The van der Waals surface area contributed by atoms with Gasteiger partial charge in [0.15, 0.2) is 0 Å². The Morgan fingerprint density at radius 2 is 2.05 bits per heavy atom. The Labute approximate surface area is 115 Å². The minimum absolute atomic E-state index is 0.0262. The molecule has 2 rings (SSSR count). The van der Waals surface area contributed by atoms with Crippen molar-refractivity contribution in [2.75, 3.05) is 24.7 Å². The molecular formula is C14H24N4O. The Balaban J connectivity index is 2.10. The van der Waals surface area contributed by atoms with E-state index in [0.717, 1.165) is 31.0 Å². The molecule has 1 fully saturated rings. The molecule has 0 aliphatic heterocycles. The van der Waals surface area contributed by atoms with E-state index in [9.17, 15) is 0 Å². The quantitative estimate of drug-likeness (QED) is 0.873. The molecule has 0 spiro atoms. The topological polar surface area (TPSA) is 73.1 Å². The Morgan fingerprint density at radius 1 is 1.37 bits per heavy atom. The Hall–Kier alpha value is -1.36. The summed E-state index contributed by atoms with van der Waals surface area (Å²) >= 11 is 0. The van der Waals surface area contributed by atoms with Crippen molar-refractivity contribution in [3.8, 4) is 0 Å². The first-order valence-corrected chi connectivity index (χ1v) is 6.79. The zero-order chi connectivity index (χ0) is 14.1. The van der Waals surface area contributed by atoms with Gasteiger partial charge in [0.25, 0.3) is 0 Å². The Kier molecular flexibility index (Phi) is 3.67. The summed E-state index contributed by atoms with van der Waals surface area (Å²) in [7, 11) is 1.77. The van der Waals surface area contributed by atoms with E-state index in [1.54, 1.807) is 13.2 Å². The lowest BCUT2D eigenvalue weighted by molar-refractivity contribution is -0.0601. The van der Waals surface area contributed by atoms with Crippen LogP contribution in [0.25, 0.3) is 0 Å². The van der Waals surface area contributed by atoms with Gasteiger partial charge in [-0.3, -0.25) is 0 Å². The van der Waals surface area contributed by atoms with Crippen molar-refractivity contribution in [3.63, 3.8) is 0 Å². The number of nitrogen functional groups attached to an aromatic ring is 1. The third kappa shape index (κ3) is 3.15. The average Bonchev–Trinajstić information content (AvgIpc) is 2.26. The second-order valence-electron chi connectivity index (χ2n) is 6.35. The van der Waals surface area contributed by atoms with Gasteiger partial charge in [0.05, 0.1) is 5.60 Å². The van der Waals surface area contributed by atoms with Crippen LogP contribution in [0, 0.1) is 0 Å². The van der Waals surface area contributed by atoms with Gasteiger partial charge in [-0.15, -0.1) is 0 Å². The van der Waals surface area contributed by atoms with Gasteiger partial charge in [0.1, 0.15) is 17.5 Å². The van der Waals surface area contributed by atoms with Crippen LogP contribution in [0.2, 0.25) is 0 Å². The number of aromatic nitrogens is 2. The molecule has 1 aromatic heterocycles. The lowest BCUT2D eigenvalue weighted by Crippen LogP contribution is -2.45. The molecule has 1 heterocycles. The second kappa shape index (κ2) is 4.96. The molecule has 0 unspecified atom stereocenters. The number of nitrogens with one attached hydrogen (secondary N) is 1. The standard InChI is InChI=1S/C14H24N4O/c1-13(2,3)12-17-10(15)8-11(18-12)16-9-14(19-4)6-5-7-14/h8H,5-7,9H2,1-4H3,(H3,15,16,17,18). The van der Waals surface area contributed by atoms with E-state index in [1.165, 1.54) is 6.42 Å². The van der Waals surface area contributed by atoms with E-state index in [-0.39, 0.29) is 11.0 Å². The molecule has 1 aliphatic rings. The molecule has 0 amide bonds. The van der Waals surface area contributed by atoms with E-state index in [4.69, 9.17) is 10.5 Å². The van der Waals surface area contributed by atoms with E-state index in [2.05, 4.69) is 36.1 Å². The normalized spacial score (nSPS) is 17.9. The minimum atomic E-state index is -0.110. The van der Waals surface area contributed by atoms with E-state index < -0.39 is 0 Å². The molecule has 1 aliphatic carbocycles. The largest absolute Gasteiger partial charge is 0.384 e. The number of anilines is 2. The van der Waals surface area contributed by atoms with Crippen LogP contribution >= 0.6 is 0 Å². The Bertz CT molecular complexity index is 444. The van der Waals surface area contributed by atoms with Crippen molar-refractivity contribution in [2.24, 2.45) is 0 Å². The first-order valence-electron chi connectivity index (χ1n) is 6.79. The summed E-state index contributed by atoms with van der Waals surface area (Å²) in [5.74, 6) is 2.04. The number of rotatable bonds is 4. The predicted octanol–water partition coefficient (Wildman–Crippen LogP) is 2.34. The fourth-order valence-electron chi connectivity index (χ4n) is 2.17. The van der Waals surface area contributed by atoms with Crippen LogP contribution in [-0.2, 0) is 10.2 Å². The van der Waals surface area contributed by atoms with Crippen LogP contribution in [0.5, 0.6) is 0 Å². The maximum atomic E-state index is 5.85. The van der Waals surface area contributed by atoms with Crippen molar-refractivity contribution in [1.82, 2.24) is 9.97 Å². The van der Waals surface area contributed by atoms with Gasteiger partial charge < -0.3 is 15.8 Å². The van der Waals surface area contributed by atoms with Crippen LogP contribution in [0.15, 0.2) is 6.07 Å². The minimum Gasteiger partial charge on any atom is -0.384 e. The third-order valence-corrected chi connectivity index (χ3v) is 3.71. The maximum Gasteiger partial charge on any atom is 0.138 e. The van der Waals surface area contributed by atoms with E-state index in [1.807, 2.05) is 0 Å². The number of methoxy groups -OCH3 is 1. The highest BCUT2D eigenvalue weighted by molar-refractivity contribution is 5.45. The lowest BCUT2D eigenvalue weighted by atomic mass is 9.80. The molecule has 1 saturated carbocycles. The molecule has 0 saturated heterocycles. The SMILES string of the molecule is COC1(CNc2cc(N)nc(C(C)(C)C)n2)CCC1. The van der Waals surface area contributed by atoms with Gasteiger partial charge in [-0.25, -0.2) is 9.97 Å². The summed E-state index contributed by atoms with van der Waals surface area (Å²) in [5, 5.41) is 3.34. The zero-order valence-corrected chi connectivity index (χ0v) is 12.3. The van der Waals surface area contributed by atoms with Gasteiger partial charge >= 0.3 is 0 Å². The van der Waals surface area contributed by atoms with E-state index >= 15 is 0 Å². The fraction of sp³-hybridized carbons (Fsp3) is 0.714. The van der Waals surface area contributed by atoms with Crippen LogP contribution in [-0.4, -0.2) is 29.2 Å². The number of ether oxygens (including phenoxy) is 1. The molecule has 0 radical (unpaired) electrons. The predicted molar refractivity (Wildman–Crippen MR) is 77.2 cm³/mol. The monoisotopic (exact) mass is 264 g/mol. The Morgan fingerprint density at radius 3 is 2.53 bits per heavy atom. The summed E-state index contributed by atoms with van der Waals surface area (Å²) < 4.78 is 5.59. The number of nitrogens with zero attached hydrogens (tertiary/aromatic N) is 2. The van der Waals surface area contributed by atoms with Crippen molar-refractivity contribution in [2.45, 2.75) is 51.0 Å². The highest BCUT2D eigenvalue weighted by Crippen LogP contribution is 2.35. The highest BCUT2D eigenvalue weighted by Gasteiger charge is 2.36. The first-order chi connectivity index (χ1) is 8.85. The summed E-state index contributed by atoms with van der Waals surface area (Å²) in [6, 6.07) is 1.78. The molecule has 0 bridgehead atoms. The van der Waals surface area contributed by atoms with Gasteiger partial charge in [-0.1, -0.05) is 20.8 Å². The van der Waals surface area contributed by atoms with Crippen LogP contribution in [0.1, 0.15) is 45.9 Å². The fourth-order valence-corrected chi connectivity index (χ4v) is 2.17. The average molecular weight is 264 g/mol. The molecule has 5 heteroatoms. The van der Waals surface area contributed by atoms with Gasteiger partial charge in [0, 0.05) is 25.1 Å². The zero-order valence-electron chi connectivity index (χ0n) is 12.3. The van der Waals surface area contributed by atoms with Crippen LogP contribution < -0.4 is 11.1 Å². The molecular weight excluding hydrogens is 240 g/mol. The first kappa shape index (κ1) is 14.1. The van der Waals surface area contributed by atoms with Crippen molar-refractivity contribution in [3.05, 3.63) is 11.9 Å². The highest BCUT2D eigenvalue weighted by atomic mass is 16.5. The summed E-state index contributed by atoms with van der Waals surface area (Å²) in [4.78, 5) is 8.84. The molecule has 19 heavy (non-hydrogen) atoms. The number of hydrogen-bond acceptors (Lipinski definition) is 5. The van der Waals surface area contributed by atoms with Crippen LogP contribution in [0.4, 0.5) is 11.6 Å². The van der Waals surface area contributed by atoms with Crippen molar-refractivity contribution < 1.29 is 4.74 Å². The lowest BCUT2D eigenvalue weighted by Gasteiger charge is -2.40. The molecule has 0 aromatic carbocycles. The maximum absolute atomic E-state index is 5.85. The third-order valence-electron chi connectivity index (χ3n) is 3.71. The van der Waals surface area contributed by atoms with Crippen LogP contribution in [0.3, 0.4) is 0 Å². The molecule has 106 valence electrons. The molecule has 0 atom stereocenters. The van der Waals surface area contributed by atoms with Gasteiger partial charge in [-0.05, 0) is 19.3 Å². The smallest absolute Gasteiger partial charge is 0.138 e. The number of nitrogens with two attached hydrogens (primary N) is 1. The second-order valence-corrected chi connectivity index (χ2v) is 6.35. The summed E-state index contributed by atoms with van der Waals surface area (Å²) in [6.07, 6.45) is 3.43. The molecule has 3 N–H and O–H groups in total. The summed E-state index contributed by atoms with van der Waals surface area (Å²) in [6.45, 7) is 7.00. The van der Waals surface area contributed by atoms with Crippen molar-refractivity contribution in [1.29, 1.82) is 0 Å². The molecule has 5 nitrogen and oxygen atoms in total. The van der Waals surface area contributed by atoms with Gasteiger partial charge in [-0.2, -0.15) is 0 Å². The number of hydrogen-bond donors (Lipinski definition) is 2.